The molecule has 2 heterocycles. The molecule has 0 spiro atoms. The van der Waals surface area contributed by atoms with Gasteiger partial charge in [0.1, 0.15) is 5.82 Å². The van der Waals surface area contributed by atoms with Crippen molar-refractivity contribution in [2.24, 2.45) is 5.92 Å². The van der Waals surface area contributed by atoms with Gasteiger partial charge in [-0.1, -0.05) is 23.7 Å². The highest BCUT2D eigenvalue weighted by Gasteiger charge is 2.36. The number of carbonyl (C=O) groups excluding carboxylic acids is 2. The summed E-state index contributed by atoms with van der Waals surface area (Å²) in [6.45, 7) is 0.753. The summed E-state index contributed by atoms with van der Waals surface area (Å²) in [5.74, 6) is 0.265. The fourth-order valence-corrected chi connectivity index (χ4v) is 3.56. The van der Waals surface area contributed by atoms with Crippen LogP contribution >= 0.6 is 11.6 Å². The van der Waals surface area contributed by atoms with Crippen LogP contribution in [0.1, 0.15) is 12.2 Å². The lowest BCUT2D eigenvalue weighted by Crippen LogP contribution is -2.34. The number of hydrogen-bond donors (Lipinski definition) is 1. The second kappa shape index (κ2) is 7.04. The van der Waals surface area contributed by atoms with Crippen molar-refractivity contribution in [2.45, 2.75) is 13.0 Å². The number of para-hydroxylation sites is 2. The number of carbonyl (C=O) groups is 2. The molecule has 0 radical (unpaired) electrons. The predicted octanol–water partition coefficient (Wildman–Crippen LogP) is 3.23. The summed E-state index contributed by atoms with van der Waals surface area (Å²) in [4.78, 5) is 36.2. The van der Waals surface area contributed by atoms with Crippen LogP contribution in [0.25, 0.3) is 11.0 Å². The zero-order chi connectivity index (χ0) is 19.0. The van der Waals surface area contributed by atoms with Gasteiger partial charge in [0.2, 0.25) is 11.8 Å². The minimum Gasteiger partial charge on any atom is -0.340 e. The van der Waals surface area contributed by atoms with Gasteiger partial charge < -0.3 is 14.8 Å². The molecule has 138 valence electrons. The molecule has 1 N–H and O–H groups in total. The third-order valence-electron chi connectivity index (χ3n) is 4.81. The van der Waals surface area contributed by atoms with E-state index in [-0.39, 0.29) is 24.2 Å². The van der Waals surface area contributed by atoms with E-state index in [9.17, 15) is 9.59 Å². The number of nitrogens with one attached hydrogen (secondary N) is 1. The van der Waals surface area contributed by atoms with E-state index in [0.29, 0.717) is 18.1 Å². The van der Waals surface area contributed by atoms with Gasteiger partial charge in [-0.15, -0.1) is 0 Å². The summed E-state index contributed by atoms with van der Waals surface area (Å²) < 4.78 is 0. The highest BCUT2D eigenvalue weighted by Crippen LogP contribution is 2.27. The Kier molecular flexibility index (Phi) is 4.58. The van der Waals surface area contributed by atoms with Gasteiger partial charge in [0.05, 0.1) is 23.5 Å². The van der Waals surface area contributed by atoms with Crippen molar-refractivity contribution in [2.75, 3.05) is 18.5 Å². The molecule has 4 rings (SSSR count). The van der Waals surface area contributed by atoms with E-state index in [1.54, 1.807) is 41.1 Å². The second-order valence-corrected chi connectivity index (χ2v) is 7.21. The standard InChI is InChI=1S/C20H19ClN4O2/c1-24(12-18-22-16-4-2-3-5-17(16)23-18)20(27)13-10-19(26)25(11-13)15-8-6-14(21)7-9-15/h2-9,13H,10-12H2,1H3,(H,22,23). The van der Waals surface area contributed by atoms with Crippen LogP contribution in [0.15, 0.2) is 48.5 Å². The quantitative estimate of drug-likeness (QED) is 0.753. The van der Waals surface area contributed by atoms with E-state index in [1.165, 1.54) is 0 Å². The van der Waals surface area contributed by atoms with Crippen molar-refractivity contribution in [1.82, 2.24) is 14.9 Å². The molecule has 1 fully saturated rings. The number of nitrogens with zero attached hydrogens (tertiary/aromatic N) is 3. The van der Waals surface area contributed by atoms with Crippen molar-refractivity contribution in [3.63, 3.8) is 0 Å². The van der Waals surface area contributed by atoms with Crippen molar-refractivity contribution < 1.29 is 9.59 Å². The van der Waals surface area contributed by atoms with Crippen LogP contribution in [0, 0.1) is 5.92 Å². The molecule has 7 heteroatoms. The Morgan fingerprint density at radius 2 is 2.00 bits per heavy atom. The molecule has 1 unspecified atom stereocenters. The van der Waals surface area contributed by atoms with Crippen molar-refractivity contribution in [3.05, 3.63) is 59.4 Å². The zero-order valence-electron chi connectivity index (χ0n) is 14.9. The zero-order valence-corrected chi connectivity index (χ0v) is 15.6. The van der Waals surface area contributed by atoms with Crippen LogP contribution in [-0.4, -0.2) is 40.3 Å². The summed E-state index contributed by atoms with van der Waals surface area (Å²) in [5.41, 5.74) is 2.58. The lowest BCUT2D eigenvalue weighted by molar-refractivity contribution is -0.135. The van der Waals surface area contributed by atoms with Gasteiger partial charge in [0.15, 0.2) is 0 Å². The molecule has 6 nitrogen and oxygen atoms in total. The maximum atomic E-state index is 12.8. The Morgan fingerprint density at radius 3 is 2.74 bits per heavy atom. The number of aromatic amines is 1. The minimum atomic E-state index is -0.359. The Bertz CT molecular complexity index is 966. The second-order valence-electron chi connectivity index (χ2n) is 6.78. The van der Waals surface area contributed by atoms with Crippen LogP contribution in [-0.2, 0) is 16.1 Å². The highest BCUT2D eigenvalue weighted by molar-refractivity contribution is 6.30. The first-order chi connectivity index (χ1) is 13.0. The average molecular weight is 383 g/mol. The Labute approximate surface area is 161 Å². The smallest absolute Gasteiger partial charge is 0.228 e. The third-order valence-corrected chi connectivity index (χ3v) is 5.07. The molecular formula is C20H19ClN4O2. The van der Waals surface area contributed by atoms with Crippen LogP contribution < -0.4 is 4.90 Å². The van der Waals surface area contributed by atoms with Crippen LogP contribution in [0.3, 0.4) is 0 Å². The number of H-pyrrole nitrogens is 1. The lowest BCUT2D eigenvalue weighted by Gasteiger charge is -2.20. The summed E-state index contributed by atoms with van der Waals surface area (Å²) >= 11 is 5.91. The summed E-state index contributed by atoms with van der Waals surface area (Å²) in [6, 6.07) is 14.8. The third kappa shape index (κ3) is 3.53. The normalized spacial score (nSPS) is 16.9. The molecule has 2 amide bonds. The SMILES string of the molecule is CN(Cc1nc2ccccc2[nH]1)C(=O)C1CC(=O)N(c2ccc(Cl)cc2)C1. The minimum absolute atomic E-state index is 0.0483. The van der Waals surface area contributed by atoms with E-state index in [2.05, 4.69) is 9.97 Å². The maximum Gasteiger partial charge on any atom is 0.228 e. The molecule has 1 atom stereocenters. The van der Waals surface area contributed by atoms with Gasteiger partial charge in [-0.25, -0.2) is 4.98 Å². The molecule has 2 aromatic carbocycles. The van der Waals surface area contributed by atoms with Crippen molar-refractivity contribution in [1.29, 1.82) is 0 Å². The van der Waals surface area contributed by atoms with E-state index in [1.807, 2.05) is 24.3 Å². The maximum absolute atomic E-state index is 12.8. The number of imidazole rings is 1. The lowest BCUT2D eigenvalue weighted by atomic mass is 10.1. The Hall–Kier alpha value is -2.86. The molecule has 1 aliphatic rings. The molecule has 1 aliphatic heterocycles. The van der Waals surface area contributed by atoms with E-state index >= 15 is 0 Å². The van der Waals surface area contributed by atoms with Gasteiger partial charge in [-0.3, -0.25) is 9.59 Å². The molecule has 27 heavy (non-hydrogen) atoms. The van der Waals surface area contributed by atoms with Crippen LogP contribution in [0.2, 0.25) is 5.02 Å². The predicted molar refractivity (Wildman–Crippen MR) is 104 cm³/mol. The van der Waals surface area contributed by atoms with E-state index in [0.717, 1.165) is 22.5 Å². The number of halogens is 1. The number of benzene rings is 2. The first kappa shape index (κ1) is 17.5. The largest absolute Gasteiger partial charge is 0.340 e. The van der Waals surface area contributed by atoms with Crippen LogP contribution in [0.4, 0.5) is 5.69 Å². The molecule has 0 aliphatic carbocycles. The number of anilines is 1. The molecule has 3 aromatic rings. The van der Waals surface area contributed by atoms with Crippen LogP contribution in [0.5, 0.6) is 0 Å². The Balaban J connectivity index is 1.44. The monoisotopic (exact) mass is 382 g/mol. The summed E-state index contributed by atoms with van der Waals surface area (Å²) in [7, 11) is 1.74. The number of amides is 2. The van der Waals surface area contributed by atoms with Gasteiger partial charge >= 0.3 is 0 Å². The average Bonchev–Trinajstić information content (AvgIpc) is 3.24. The Morgan fingerprint density at radius 1 is 1.26 bits per heavy atom. The molecule has 1 saturated heterocycles. The molecule has 0 saturated carbocycles. The highest BCUT2D eigenvalue weighted by atomic mass is 35.5. The fourth-order valence-electron chi connectivity index (χ4n) is 3.44. The van der Waals surface area contributed by atoms with Gasteiger partial charge in [0.25, 0.3) is 0 Å². The van der Waals surface area contributed by atoms with E-state index in [4.69, 9.17) is 11.6 Å². The number of rotatable bonds is 4. The molecule has 0 bridgehead atoms. The van der Waals surface area contributed by atoms with Gasteiger partial charge in [-0.2, -0.15) is 0 Å². The van der Waals surface area contributed by atoms with Crippen molar-refractivity contribution in [3.8, 4) is 0 Å². The topological polar surface area (TPSA) is 69.3 Å². The fraction of sp³-hybridized carbons (Fsp3) is 0.250. The van der Waals surface area contributed by atoms with E-state index < -0.39 is 0 Å². The number of hydrogen-bond acceptors (Lipinski definition) is 3. The summed E-state index contributed by atoms with van der Waals surface area (Å²) in [6.07, 6.45) is 0.214. The summed E-state index contributed by atoms with van der Waals surface area (Å²) in [5, 5.41) is 0.614. The molecule has 1 aromatic heterocycles. The first-order valence-corrected chi connectivity index (χ1v) is 9.13. The number of aromatic nitrogens is 2. The number of fused-ring (bicyclic) bond motifs is 1. The molecular weight excluding hydrogens is 364 g/mol. The first-order valence-electron chi connectivity index (χ1n) is 8.76. The van der Waals surface area contributed by atoms with Gasteiger partial charge in [0, 0.05) is 30.7 Å². The van der Waals surface area contributed by atoms with Crippen molar-refractivity contribution >= 4 is 40.1 Å². The van der Waals surface area contributed by atoms with Gasteiger partial charge in [-0.05, 0) is 36.4 Å².